The van der Waals surface area contributed by atoms with Crippen LogP contribution in [0.4, 0.5) is 9.18 Å². The lowest BCUT2D eigenvalue weighted by molar-refractivity contribution is -0.131. The second kappa shape index (κ2) is 5.78. The number of nitrogens with zero attached hydrogens (tertiary/aromatic N) is 2. The third kappa shape index (κ3) is 2.50. The van der Waals surface area contributed by atoms with Gasteiger partial charge in [0.15, 0.2) is 0 Å². The smallest absolute Gasteiger partial charge is 0.319 e. The molecular formula is C18H14FN3O2. The maximum absolute atomic E-state index is 14.1. The topological polar surface area (TPSA) is 73.2 Å². The van der Waals surface area contributed by atoms with Crippen molar-refractivity contribution in [2.24, 2.45) is 0 Å². The molecule has 0 spiro atoms. The number of benzene rings is 2. The fraction of sp³-hybridized carbons (Fsp3) is 0.167. The Morgan fingerprint density at radius 3 is 2.67 bits per heavy atom. The first kappa shape index (κ1) is 15.7. The van der Waals surface area contributed by atoms with Crippen LogP contribution < -0.4 is 5.32 Å². The van der Waals surface area contributed by atoms with Crippen LogP contribution in [-0.2, 0) is 16.9 Å². The highest BCUT2D eigenvalue weighted by Crippen LogP contribution is 2.31. The summed E-state index contributed by atoms with van der Waals surface area (Å²) in [6.07, 6.45) is 0. The average molecular weight is 323 g/mol. The molecule has 0 aromatic heterocycles. The summed E-state index contributed by atoms with van der Waals surface area (Å²) in [7, 11) is 0. The summed E-state index contributed by atoms with van der Waals surface area (Å²) in [5.41, 5.74) is -0.238. The molecule has 24 heavy (non-hydrogen) atoms. The number of hydrogen-bond acceptors (Lipinski definition) is 3. The lowest BCUT2D eigenvalue weighted by atomic mass is 9.91. The van der Waals surface area contributed by atoms with Crippen LogP contribution in [0.1, 0.15) is 23.6 Å². The van der Waals surface area contributed by atoms with Gasteiger partial charge in [0.1, 0.15) is 11.4 Å². The van der Waals surface area contributed by atoms with Crippen LogP contribution in [0.2, 0.25) is 0 Å². The Balaban J connectivity index is 1.92. The van der Waals surface area contributed by atoms with Crippen LogP contribution in [-0.4, -0.2) is 16.8 Å². The minimum atomic E-state index is -1.45. The molecule has 1 heterocycles. The first-order valence-corrected chi connectivity index (χ1v) is 7.34. The van der Waals surface area contributed by atoms with E-state index >= 15 is 0 Å². The van der Waals surface area contributed by atoms with E-state index in [1.54, 1.807) is 30.3 Å². The quantitative estimate of drug-likeness (QED) is 0.883. The van der Waals surface area contributed by atoms with Crippen molar-refractivity contribution in [2.75, 3.05) is 0 Å². The van der Waals surface area contributed by atoms with Gasteiger partial charge in [0.25, 0.3) is 5.91 Å². The monoisotopic (exact) mass is 323 g/mol. The van der Waals surface area contributed by atoms with Crippen molar-refractivity contribution >= 4 is 11.9 Å². The number of rotatable bonds is 3. The highest BCUT2D eigenvalue weighted by molar-refractivity contribution is 6.07. The third-order valence-electron chi connectivity index (χ3n) is 4.08. The Labute approximate surface area is 138 Å². The number of nitriles is 1. The Hall–Kier alpha value is -3.20. The highest BCUT2D eigenvalue weighted by Gasteiger charge is 2.50. The fourth-order valence-electron chi connectivity index (χ4n) is 2.81. The molecule has 1 N–H and O–H groups in total. The zero-order valence-electron chi connectivity index (χ0n) is 12.9. The predicted octanol–water partition coefficient (Wildman–Crippen LogP) is 2.66. The lowest BCUT2D eigenvalue weighted by Gasteiger charge is -2.22. The summed E-state index contributed by atoms with van der Waals surface area (Å²) in [5, 5.41) is 11.5. The minimum Gasteiger partial charge on any atom is -0.319 e. The van der Waals surface area contributed by atoms with Crippen LogP contribution >= 0.6 is 0 Å². The number of halogens is 1. The summed E-state index contributed by atoms with van der Waals surface area (Å²) in [5.74, 6) is -1.08. The predicted molar refractivity (Wildman–Crippen MR) is 84.0 cm³/mol. The molecule has 1 fully saturated rings. The number of amides is 3. The van der Waals surface area contributed by atoms with Crippen LogP contribution in [0.15, 0.2) is 48.5 Å². The van der Waals surface area contributed by atoms with Crippen molar-refractivity contribution in [1.29, 1.82) is 5.26 Å². The average Bonchev–Trinajstić information content (AvgIpc) is 2.79. The van der Waals surface area contributed by atoms with E-state index in [1.807, 2.05) is 6.07 Å². The van der Waals surface area contributed by atoms with Crippen molar-refractivity contribution < 1.29 is 14.0 Å². The molecular weight excluding hydrogens is 309 g/mol. The summed E-state index contributed by atoms with van der Waals surface area (Å²) < 4.78 is 14.1. The lowest BCUT2D eigenvalue weighted by Crippen LogP contribution is -2.41. The van der Waals surface area contributed by atoms with E-state index in [1.165, 1.54) is 25.1 Å². The van der Waals surface area contributed by atoms with Gasteiger partial charge in [-0.1, -0.05) is 30.3 Å². The zero-order chi connectivity index (χ0) is 17.3. The van der Waals surface area contributed by atoms with Crippen molar-refractivity contribution in [3.05, 3.63) is 71.0 Å². The molecule has 2 aromatic carbocycles. The maximum atomic E-state index is 14.1. The van der Waals surface area contributed by atoms with Gasteiger partial charge >= 0.3 is 6.03 Å². The zero-order valence-corrected chi connectivity index (χ0v) is 12.9. The molecule has 6 heteroatoms. The van der Waals surface area contributed by atoms with Gasteiger partial charge in [-0.05, 0) is 30.7 Å². The number of carbonyl (C=O) groups is 2. The van der Waals surface area contributed by atoms with E-state index in [9.17, 15) is 14.0 Å². The Morgan fingerprint density at radius 1 is 1.21 bits per heavy atom. The Kier molecular flexibility index (Phi) is 3.78. The van der Waals surface area contributed by atoms with Crippen LogP contribution in [0, 0.1) is 17.1 Å². The van der Waals surface area contributed by atoms with E-state index in [2.05, 4.69) is 5.32 Å². The summed E-state index contributed by atoms with van der Waals surface area (Å²) in [4.78, 5) is 26.0. The van der Waals surface area contributed by atoms with Crippen molar-refractivity contribution in [2.45, 2.75) is 19.0 Å². The van der Waals surface area contributed by atoms with Gasteiger partial charge in [-0.15, -0.1) is 0 Å². The van der Waals surface area contributed by atoms with Crippen molar-refractivity contribution in [3.8, 4) is 6.07 Å². The number of carbonyl (C=O) groups excluding carboxylic acids is 2. The first-order chi connectivity index (χ1) is 11.5. The standard InChI is InChI=1S/C18H14FN3O2/c1-18(14-7-2-3-8-15(14)19)16(23)22(17(24)21-18)11-13-6-4-5-12(9-13)10-20/h2-9H,11H2,1H3,(H,21,24). The number of hydrogen-bond donors (Lipinski definition) is 1. The summed E-state index contributed by atoms with van der Waals surface area (Å²) >= 11 is 0. The molecule has 0 saturated carbocycles. The fourth-order valence-corrected chi connectivity index (χ4v) is 2.81. The number of nitrogens with one attached hydrogen (secondary N) is 1. The van der Waals surface area contributed by atoms with Gasteiger partial charge in [-0.25, -0.2) is 9.18 Å². The molecule has 1 saturated heterocycles. The van der Waals surface area contributed by atoms with E-state index in [0.29, 0.717) is 11.1 Å². The van der Waals surface area contributed by atoms with Gasteiger partial charge in [0.05, 0.1) is 18.2 Å². The maximum Gasteiger partial charge on any atom is 0.325 e. The number of imide groups is 1. The highest BCUT2D eigenvalue weighted by atomic mass is 19.1. The van der Waals surface area contributed by atoms with Gasteiger partial charge in [0.2, 0.25) is 0 Å². The summed E-state index contributed by atoms with van der Waals surface area (Å²) in [6, 6.07) is 13.9. The first-order valence-electron chi connectivity index (χ1n) is 7.34. The molecule has 1 unspecified atom stereocenters. The molecule has 5 nitrogen and oxygen atoms in total. The molecule has 2 aromatic rings. The van der Waals surface area contributed by atoms with E-state index in [0.717, 1.165) is 4.90 Å². The second-order valence-electron chi connectivity index (χ2n) is 5.74. The largest absolute Gasteiger partial charge is 0.325 e. The van der Waals surface area contributed by atoms with Crippen molar-refractivity contribution in [3.63, 3.8) is 0 Å². The minimum absolute atomic E-state index is 0.0181. The molecule has 0 radical (unpaired) electrons. The molecule has 0 aliphatic carbocycles. The molecule has 1 aliphatic heterocycles. The van der Waals surface area contributed by atoms with Crippen LogP contribution in [0.25, 0.3) is 0 Å². The SMILES string of the molecule is CC1(c2ccccc2F)NC(=O)N(Cc2cccc(C#N)c2)C1=O. The molecule has 1 atom stereocenters. The molecule has 3 rings (SSSR count). The van der Waals surface area contributed by atoms with Gasteiger partial charge in [-0.3, -0.25) is 9.69 Å². The van der Waals surface area contributed by atoms with E-state index in [4.69, 9.17) is 5.26 Å². The molecule has 120 valence electrons. The normalized spacial score (nSPS) is 20.0. The molecule has 1 aliphatic rings. The summed E-state index contributed by atoms with van der Waals surface area (Å²) in [6.45, 7) is 1.50. The molecule has 3 amide bonds. The van der Waals surface area contributed by atoms with Gasteiger partial charge in [0, 0.05) is 5.56 Å². The van der Waals surface area contributed by atoms with E-state index < -0.39 is 23.3 Å². The molecule has 0 bridgehead atoms. The van der Waals surface area contributed by atoms with Crippen molar-refractivity contribution in [1.82, 2.24) is 10.2 Å². The Bertz CT molecular complexity index is 875. The third-order valence-corrected chi connectivity index (χ3v) is 4.08. The number of urea groups is 1. The van der Waals surface area contributed by atoms with Gasteiger partial charge < -0.3 is 5.32 Å². The van der Waals surface area contributed by atoms with E-state index in [-0.39, 0.29) is 12.1 Å². The van der Waals surface area contributed by atoms with Gasteiger partial charge in [-0.2, -0.15) is 5.26 Å². The second-order valence-corrected chi connectivity index (χ2v) is 5.74. The Morgan fingerprint density at radius 2 is 1.96 bits per heavy atom. The van der Waals surface area contributed by atoms with Crippen LogP contribution in [0.3, 0.4) is 0 Å². The van der Waals surface area contributed by atoms with Crippen LogP contribution in [0.5, 0.6) is 0 Å².